The second-order valence-electron chi connectivity index (χ2n) is 5.43. The molecule has 0 heterocycles. The van der Waals surface area contributed by atoms with Crippen LogP contribution in [0.3, 0.4) is 0 Å². The maximum Gasteiger partial charge on any atom is 0.320 e. The van der Waals surface area contributed by atoms with E-state index >= 15 is 0 Å². The number of nitrogens with one attached hydrogen (secondary N) is 2. The highest BCUT2D eigenvalue weighted by atomic mass is 16.4. The Hall–Kier alpha value is -2.97. The van der Waals surface area contributed by atoms with Gasteiger partial charge in [-0.25, -0.2) is 0 Å². The molecule has 0 fully saturated rings. The fourth-order valence-corrected chi connectivity index (χ4v) is 1.07. The van der Waals surface area contributed by atoms with Crippen molar-refractivity contribution in [1.29, 1.82) is 5.41 Å². The number of hydrogen-bond donors (Lipinski definition) is 10. The van der Waals surface area contributed by atoms with E-state index in [2.05, 4.69) is 5.32 Å². The van der Waals surface area contributed by atoms with E-state index in [1.54, 1.807) is 0 Å². The highest BCUT2D eigenvalue weighted by Gasteiger charge is 2.12. The highest BCUT2D eigenvalue weighted by molar-refractivity contribution is 5.75. The minimum atomic E-state index is -1.17. The van der Waals surface area contributed by atoms with Crippen molar-refractivity contribution in [3.8, 4) is 0 Å². The number of rotatable bonds is 10. The lowest BCUT2D eigenvalue weighted by molar-refractivity contribution is -0.140. The average Bonchev–Trinajstić information content (AvgIpc) is 2.56. The Bertz CT molecular complexity index is 514. The van der Waals surface area contributed by atoms with Crippen molar-refractivity contribution in [3.05, 3.63) is 0 Å². The van der Waals surface area contributed by atoms with Crippen molar-refractivity contribution < 1.29 is 39.6 Å². The molecule has 14 N–H and O–H groups in total. The zero-order chi connectivity index (χ0) is 22.9. The lowest BCUT2D eigenvalue weighted by Gasteiger charge is -2.06. The SMILES string of the molecule is C[C@H](N)C(=O)O.N=C(N)NCCC[C@H](N)C(=O)O.N[C@@H](CCC(=O)O)C(=O)O. The normalized spacial score (nSPS) is 12.6. The molecule has 14 heteroatoms. The van der Waals surface area contributed by atoms with Crippen molar-refractivity contribution >= 4 is 29.8 Å². The Balaban J connectivity index is -0.000000354. The fourth-order valence-electron chi connectivity index (χ4n) is 1.07. The second kappa shape index (κ2) is 17.4. The highest BCUT2D eigenvalue weighted by Crippen LogP contribution is 1.93. The van der Waals surface area contributed by atoms with Crippen LogP contribution in [-0.4, -0.2) is 74.9 Å². The molecule has 164 valence electrons. The number of nitrogens with two attached hydrogens (primary N) is 4. The Kier molecular flexibility index (Phi) is 18.6. The summed E-state index contributed by atoms with van der Waals surface area (Å²) in [6.45, 7) is 1.90. The zero-order valence-corrected chi connectivity index (χ0v) is 15.5. The summed E-state index contributed by atoms with van der Waals surface area (Å²) in [5.74, 6) is -4.27. The van der Waals surface area contributed by atoms with Gasteiger partial charge in [0.1, 0.15) is 18.1 Å². The molecule has 0 aromatic carbocycles. The third-order valence-electron chi connectivity index (χ3n) is 2.70. The number of carboxylic acid groups (broad SMARTS) is 4. The van der Waals surface area contributed by atoms with Crippen molar-refractivity contribution in [2.45, 2.75) is 50.7 Å². The summed E-state index contributed by atoms with van der Waals surface area (Å²) < 4.78 is 0. The molecule has 0 aromatic heterocycles. The third-order valence-corrected chi connectivity index (χ3v) is 2.70. The number of hydrogen-bond acceptors (Lipinski definition) is 8. The van der Waals surface area contributed by atoms with Crippen LogP contribution in [0.4, 0.5) is 0 Å². The van der Waals surface area contributed by atoms with Crippen LogP contribution >= 0.6 is 0 Å². The summed E-state index contributed by atoms with van der Waals surface area (Å²) in [6.07, 6.45) is 0.751. The second-order valence-corrected chi connectivity index (χ2v) is 5.43. The van der Waals surface area contributed by atoms with Crippen LogP contribution in [0, 0.1) is 5.41 Å². The van der Waals surface area contributed by atoms with Gasteiger partial charge < -0.3 is 48.7 Å². The lowest BCUT2D eigenvalue weighted by Crippen LogP contribution is -2.34. The molecule has 0 aliphatic carbocycles. The quantitative estimate of drug-likeness (QED) is 0.1000. The third kappa shape index (κ3) is 25.3. The fraction of sp³-hybridized carbons (Fsp3) is 0.643. The van der Waals surface area contributed by atoms with Gasteiger partial charge in [-0.15, -0.1) is 0 Å². The number of guanidine groups is 1. The molecule has 0 unspecified atom stereocenters. The van der Waals surface area contributed by atoms with Gasteiger partial charge in [0.15, 0.2) is 5.96 Å². The average molecular weight is 410 g/mol. The molecule has 0 bridgehead atoms. The van der Waals surface area contributed by atoms with Crippen molar-refractivity contribution in [2.75, 3.05) is 6.54 Å². The summed E-state index contributed by atoms with van der Waals surface area (Å²) in [5.41, 5.74) is 20.1. The first-order chi connectivity index (χ1) is 12.7. The molecular formula is C14H30N6O8. The van der Waals surface area contributed by atoms with Gasteiger partial charge in [-0.1, -0.05) is 0 Å². The summed E-state index contributed by atoms with van der Waals surface area (Å²) in [6, 6.07) is -2.61. The smallest absolute Gasteiger partial charge is 0.320 e. The van der Waals surface area contributed by atoms with E-state index in [1.165, 1.54) is 6.92 Å². The topological polar surface area (TPSA) is 289 Å². The van der Waals surface area contributed by atoms with Gasteiger partial charge in [0.05, 0.1) is 0 Å². The predicted molar refractivity (Wildman–Crippen MR) is 98.5 cm³/mol. The van der Waals surface area contributed by atoms with E-state index in [0.29, 0.717) is 19.4 Å². The lowest BCUT2D eigenvalue weighted by atomic mass is 10.2. The zero-order valence-electron chi connectivity index (χ0n) is 15.5. The van der Waals surface area contributed by atoms with Crippen LogP contribution in [0.15, 0.2) is 0 Å². The van der Waals surface area contributed by atoms with Gasteiger partial charge >= 0.3 is 23.9 Å². The standard InChI is InChI=1S/C6H14N4O2.C5H9NO4.C3H7NO2/c7-4(5(11)12)2-1-3-10-6(8)9;6-3(5(9)10)1-2-4(7)8;1-2(4)3(5)6/h4H,1-3,7H2,(H,11,12)(H4,8,9,10);3H,1-2,6H2,(H,7,8)(H,9,10);2H,4H2,1H3,(H,5,6)/t4-;3-;2-/m000/s1. The maximum atomic E-state index is 10.2. The van der Waals surface area contributed by atoms with Gasteiger partial charge in [0.2, 0.25) is 0 Å². The van der Waals surface area contributed by atoms with Gasteiger partial charge in [0, 0.05) is 13.0 Å². The molecular weight excluding hydrogens is 380 g/mol. The summed E-state index contributed by atoms with van der Waals surface area (Å²) in [4.78, 5) is 39.7. The molecule has 14 nitrogen and oxygen atoms in total. The van der Waals surface area contributed by atoms with Crippen molar-refractivity contribution in [2.24, 2.45) is 22.9 Å². The molecule has 0 saturated heterocycles. The largest absolute Gasteiger partial charge is 0.481 e. The molecule has 0 saturated carbocycles. The van der Waals surface area contributed by atoms with E-state index < -0.39 is 42.0 Å². The number of carboxylic acids is 4. The molecule has 3 atom stereocenters. The monoisotopic (exact) mass is 410 g/mol. The predicted octanol–water partition coefficient (Wildman–Crippen LogP) is -2.66. The first kappa shape index (κ1) is 29.8. The Morgan fingerprint density at radius 1 is 0.893 bits per heavy atom. The van der Waals surface area contributed by atoms with E-state index in [1.807, 2.05) is 0 Å². The molecule has 0 amide bonds. The van der Waals surface area contributed by atoms with Crippen LogP contribution in [0.1, 0.15) is 32.6 Å². The maximum absolute atomic E-state index is 10.2. The number of carbonyl (C=O) groups is 4. The van der Waals surface area contributed by atoms with E-state index in [-0.39, 0.29) is 18.8 Å². The van der Waals surface area contributed by atoms with Crippen LogP contribution in [-0.2, 0) is 19.2 Å². The first-order valence-corrected chi connectivity index (χ1v) is 7.97. The van der Waals surface area contributed by atoms with E-state index in [9.17, 15) is 19.2 Å². The van der Waals surface area contributed by atoms with E-state index in [0.717, 1.165) is 0 Å². The molecule has 0 rings (SSSR count). The van der Waals surface area contributed by atoms with Gasteiger partial charge in [-0.05, 0) is 26.2 Å². The molecule has 0 aliphatic rings. The van der Waals surface area contributed by atoms with Gasteiger partial charge in [0.25, 0.3) is 0 Å². The minimum Gasteiger partial charge on any atom is -0.481 e. The Morgan fingerprint density at radius 2 is 1.29 bits per heavy atom. The summed E-state index contributed by atoms with van der Waals surface area (Å²) >= 11 is 0. The van der Waals surface area contributed by atoms with Crippen LogP contribution in [0.2, 0.25) is 0 Å². The van der Waals surface area contributed by atoms with E-state index in [4.69, 9.17) is 48.8 Å². The van der Waals surface area contributed by atoms with Crippen LogP contribution < -0.4 is 28.3 Å². The first-order valence-electron chi connectivity index (χ1n) is 7.97. The molecule has 0 aromatic rings. The van der Waals surface area contributed by atoms with Crippen molar-refractivity contribution in [3.63, 3.8) is 0 Å². The minimum absolute atomic E-state index is 0.0231. The molecule has 0 aliphatic heterocycles. The Labute approximate surface area is 161 Å². The molecule has 28 heavy (non-hydrogen) atoms. The Morgan fingerprint density at radius 3 is 1.57 bits per heavy atom. The van der Waals surface area contributed by atoms with Gasteiger partial charge in [-0.3, -0.25) is 24.6 Å². The number of aliphatic carboxylic acids is 4. The van der Waals surface area contributed by atoms with Crippen LogP contribution in [0.25, 0.3) is 0 Å². The molecule has 0 spiro atoms. The summed E-state index contributed by atoms with van der Waals surface area (Å²) in [5, 5.41) is 41.9. The van der Waals surface area contributed by atoms with Gasteiger partial charge in [-0.2, -0.15) is 0 Å². The van der Waals surface area contributed by atoms with Crippen LogP contribution in [0.5, 0.6) is 0 Å². The molecule has 0 radical (unpaired) electrons. The summed E-state index contributed by atoms with van der Waals surface area (Å²) in [7, 11) is 0. The van der Waals surface area contributed by atoms with Crippen molar-refractivity contribution in [1.82, 2.24) is 5.32 Å².